The number of carbonyl (C=O) groups is 1. The van der Waals surface area contributed by atoms with E-state index in [1.807, 2.05) is 45.0 Å². The predicted molar refractivity (Wildman–Crippen MR) is 89.5 cm³/mol. The van der Waals surface area contributed by atoms with E-state index in [0.717, 1.165) is 28.1 Å². The van der Waals surface area contributed by atoms with Gasteiger partial charge in [-0.05, 0) is 38.0 Å². The monoisotopic (exact) mass is 298 g/mol. The lowest BCUT2D eigenvalue weighted by molar-refractivity contribution is 0.251. The van der Waals surface area contributed by atoms with E-state index < -0.39 is 0 Å². The molecule has 0 bridgehead atoms. The van der Waals surface area contributed by atoms with Crippen LogP contribution in [0.5, 0.6) is 5.75 Å². The van der Waals surface area contributed by atoms with Crippen LogP contribution < -0.4 is 15.4 Å². The molecule has 0 atom stereocenters. The molecule has 0 fully saturated rings. The van der Waals surface area contributed by atoms with Crippen LogP contribution in [-0.4, -0.2) is 13.1 Å². The number of anilines is 1. The number of amides is 2. The Kier molecular flexibility index (Phi) is 5.04. The first-order chi connectivity index (χ1) is 10.5. The van der Waals surface area contributed by atoms with Gasteiger partial charge in [0.2, 0.25) is 0 Å². The lowest BCUT2D eigenvalue weighted by Crippen LogP contribution is -2.29. The highest BCUT2D eigenvalue weighted by Gasteiger charge is 2.09. The summed E-state index contributed by atoms with van der Waals surface area (Å²) in [6, 6.07) is 11.5. The van der Waals surface area contributed by atoms with Crippen molar-refractivity contribution in [2.45, 2.75) is 27.3 Å². The second kappa shape index (κ2) is 6.98. The quantitative estimate of drug-likeness (QED) is 0.898. The van der Waals surface area contributed by atoms with E-state index in [0.29, 0.717) is 6.54 Å². The Bertz CT molecular complexity index is 658. The van der Waals surface area contributed by atoms with Gasteiger partial charge in [0.1, 0.15) is 5.75 Å². The average molecular weight is 298 g/mol. The van der Waals surface area contributed by atoms with Crippen molar-refractivity contribution < 1.29 is 9.53 Å². The smallest absolute Gasteiger partial charge is 0.319 e. The summed E-state index contributed by atoms with van der Waals surface area (Å²) in [5, 5.41) is 5.78. The lowest BCUT2D eigenvalue weighted by Gasteiger charge is -2.14. The molecule has 0 aliphatic rings. The fraction of sp³-hybridized carbons (Fsp3) is 0.278. The molecule has 0 aliphatic carbocycles. The standard InChI is InChI=1S/C18H22N2O2/c1-12-9-13(2)17(14(3)10-12)20-18(21)19-11-15-7-5-6-8-16(15)22-4/h5-10H,11H2,1-4H3,(H2,19,20,21). The molecule has 4 heteroatoms. The molecule has 0 saturated heterocycles. The van der Waals surface area contributed by atoms with Crippen LogP contribution in [0.4, 0.5) is 10.5 Å². The highest BCUT2D eigenvalue weighted by molar-refractivity contribution is 5.91. The van der Waals surface area contributed by atoms with E-state index >= 15 is 0 Å². The Balaban J connectivity index is 2.02. The first-order valence-electron chi connectivity index (χ1n) is 7.26. The Hall–Kier alpha value is -2.49. The van der Waals surface area contributed by atoms with Crippen molar-refractivity contribution in [1.82, 2.24) is 5.32 Å². The maximum Gasteiger partial charge on any atom is 0.319 e. The molecule has 0 radical (unpaired) electrons. The topological polar surface area (TPSA) is 50.4 Å². The molecule has 2 amide bonds. The van der Waals surface area contributed by atoms with Crippen LogP contribution in [-0.2, 0) is 6.54 Å². The summed E-state index contributed by atoms with van der Waals surface area (Å²) in [6.45, 7) is 6.46. The molecule has 2 N–H and O–H groups in total. The molecule has 0 heterocycles. The third-order valence-corrected chi connectivity index (χ3v) is 3.55. The number of methoxy groups -OCH3 is 1. The molecule has 2 rings (SSSR count). The van der Waals surface area contributed by atoms with Crippen LogP contribution >= 0.6 is 0 Å². The van der Waals surface area contributed by atoms with Gasteiger partial charge < -0.3 is 15.4 Å². The zero-order valence-electron chi connectivity index (χ0n) is 13.5. The molecule has 0 aliphatic heterocycles. The molecule has 0 spiro atoms. The number of rotatable bonds is 4. The SMILES string of the molecule is COc1ccccc1CNC(=O)Nc1c(C)cc(C)cc1C. The summed E-state index contributed by atoms with van der Waals surface area (Å²) >= 11 is 0. The van der Waals surface area contributed by atoms with Crippen LogP contribution in [0.2, 0.25) is 0 Å². The zero-order valence-corrected chi connectivity index (χ0v) is 13.5. The molecule has 4 nitrogen and oxygen atoms in total. The summed E-state index contributed by atoms with van der Waals surface area (Å²) in [7, 11) is 1.62. The van der Waals surface area contributed by atoms with Crippen LogP contribution in [0.25, 0.3) is 0 Å². The van der Waals surface area contributed by atoms with Crippen LogP contribution in [0.3, 0.4) is 0 Å². The van der Waals surface area contributed by atoms with E-state index in [-0.39, 0.29) is 6.03 Å². The first kappa shape index (κ1) is 15.9. The van der Waals surface area contributed by atoms with Gasteiger partial charge in [0.15, 0.2) is 0 Å². The van der Waals surface area contributed by atoms with Gasteiger partial charge in [-0.3, -0.25) is 0 Å². The maximum atomic E-state index is 12.1. The molecular weight excluding hydrogens is 276 g/mol. The number of para-hydroxylation sites is 1. The highest BCUT2D eigenvalue weighted by atomic mass is 16.5. The first-order valence-corrected chi connectivity index (χ1v) is 7.26. The van der Waals surface area contributed by atoms with E-state index in [9.17, 15) is 4.79 Å². The molecule has 22 heavy (non-hydrogen) atoms. The molecular formula is C18H22N2O2. The van der Waals surface area contributed by atoms with E-state index in [1.165, 1.54) is 5.56 Å². The Morgan fingerprint density at radius 2 is 1.73 bits per heavy atom. The van der Waals surface area contributed by atoms with E-state index in [4.69, 9.17) is 4.74 Å². The van der Waals surface area contributed by atoms with Crippen LogP contribution in [0.1, 0.15) is 22.3 Å². The minimum Gasteiger partial charge on any atom is -0.496 e. The van der Waals surface area contributed by atoms with Gasteiger partial charge in [-0.1, -0.05) is 35.9 Å². The summed E-state index contributed by atoms with van der Waals surface area (Å²) in [5.41, 5.74) is 5.12. The zero-order chi connectivity index (χ0) is 16.1. The van der Waals surface area contributed by atoms with Crippen molar-refractivity contribution >= 4 is 11.7 Å². The number of hydrogen-bond donors (Lipinski definition) is 2. The number of nitrogens with one attached hydrogen (secondary N) is 2. The normalized spacial score (nSPS) is 10.2. The minimum absolute atomic E-state index is 0.221. The van der Waals surface area contributed by atoms with Crippen molar-refractivity contribution in [2.75, 3.05) is 12.4 Å². The summed E-state index contributed by atoms with van der Waals surface area (Å²) in [5.74, 6) is 0.769. The predicted octanol–water partition coefficient (Wildman–Crippen LogP) is 3.94. The fourth-order valence-electron chi connectivity index (χ4n) is 2.56. The second-order valence-corrected chi connectivity index (χ2v) is 5.39. The number of benzene rings is 2. The van der Waals surface area contributed by atoms with Crippen LogP contribution in [0, 0.1) is 20.8 Å². The van der Waals surface area contributed by atoms with Crippen molar-refractivity contribution in [1.29, 1.82) is 0 Å². The van der Waals surface area contributed by atoms with Crippen molar-refractivity contribution in [3.05, 3.63) is 58.7 Å². The summed E-state index contributed by atoms with van der Waals surface area (Å²) in [6.07, 6.45) is 0. The molecule has 0 saturated carbocycles. The van der Waals surface area contributed by atoms with Gasteiger partial charge >= 0.3 is 6.03 Å². The van der Waals surface area contributed by atoms with Gasteiger partial charge in [-0.25, -0.2) is 4.79 Å². The van der Waals surface area contributed by atoms with Gasteiger partial charge in [-0.15, -0.1) is 0 Å². The van der Waals surface area contributed by atoms with Gasteiger partial charge in [0, 0.05) is 17.8 Å². The van der Waals surface area contributed by atoms with Crippen LogP contribution in [0.15, 0.2) is 36.4 Å². The molecule has 2 aromatic carbocycles. The summed E-state index contributed by atoms with van der Waals surface area (Å²) in [4.78, 5) is 12.1. The number of carbonyl (C=O) groups excluding carboxylic acids is 1. The Morgan fingerprint density at radius 1 is 1.09 bits per heavy atom. The number of ether oxygens (including phenoxy) is 1. The van der Waals surface area contributed by atoms with Crippen molar-refractivity contribution in [2.24, 2.45) is 0 Å². The minimum atomic E-state index is -0.221. The third kappa shape index (κ3) is 3.79. The number of aryl methyl sites for hydroxylation is 3. The fourth-order valence-corrected chi connectivity index (χ4v) is 2.56. The van der Waals surface area contributed by atoms with E-state index in [2.05, 4.69) is 22.8 Å². The number of urea groups is 1. The number of hydrogen-bond acceptors (Lipinski definition) is 2. The van der Waals surface area contributed by atoms with Crippen molar-refractivity contribution in [3.8, 4) is 5.75 Å². The molecule has 0 unspecified atom stereocenters. The Morgan fingerprint density at radius 3 is 2.36 bits per heavy atom. The van der Waals surface area contributed by atoms with Gasteiger partial charge in [-0.2, -0.15) is 0 Å². The van der Waals surface area contributed by atoms with Gasteiger partial charge in [0.05, 0.1) is 7.11 Å². The van der Waals surface area contributed by atoms with Crippen molar-refractivity contribution in [3.63, 3.8) is 0 Å². The average Bonchev–Trinajstić information content (AvgIpc) is 2.49. The second-order valence-electron chi connectivity index (χ2n) is 5.39. The van der Waals surface area contributed by atoms with Gasteiger partial charge in [0.25, 0.3) is 0 Å². The molecule has 0 aromatic heterocycles. The third-order valence-electron chi connectivity index (χ3n) is 3.55. The maximum absolute atomic E-state index is 12.1. The summed E-state index contributed by atoms with van der Waals surface area (Å²) < 4.78 is 5.28. The molecule has 2 aromatic rings. The molecule has 116 valence electrons. The largest absolute Gasteiger partial charge is 0.496 e. The lowest BCUT2D eigenvalue weighted by atomic mass is 10.1. The Labute approximate surface area is 131 Å². The van der Waals surface area contributed by atoms with E-state index in [1.54, 1.807) is 7.11 Å². The highest BCUT2D eigenvalue weighted by Crippen LogP contribution is 2.22.